The fraction of sp³-hybridized carbons (Fsp3) is 0.375. The van der Waals surface area contributed by atoms with Gasteiger partial charge in [0.2, 0.25) is 0 Å². The maximum absolute atomic E-state index is 12.9. The highest BCUT2D eigenvalue weighted by molar-refractivity contribution is 5.97. The van der Waals surface area contributed by atoms with Gasteiger partial charge >= 0.3 is 0 Å². The third-order valence-corrected chi connectivity index (χ3v) is 4.29. The van der Waals surface area contributed by atoms with Crippen LogP contribution in [0.1, 0.15) is 28.9 Å². The Kier molecular flexibility index (Phi) is 4.65. The van der Waals surface area contributed by atoms with Crippen molar-refractivity contribution in [3.05, 3.63) is 48.2 Å². The van der Waals surface area contributed by atoms with Gasteiger partial charge in [0, 0.05) is 19.3 Å². The zero-order valence-electron chi connectivity index (χ0n) is 14.0. The average molecular weight is 354 g/mol. The number of aromatic nitrogens is 7. The molecule has 0 bridgehead atoms. The molecule has 4 rings (SSSR count). The van der Waals surface area contributed by atoms with Gasteiger partial charge in [-0.2, -0.15) is 9.78 Å². The van der Waals surface area contributed by atoms with E-state index >= 15 is 0 Å². The van der Waals surface area contributed by atoms with Gasteiger partial charge in [0.1, 0.15) is 11.9 Å². The second-order valence-corrected chi connectivity index (χ2v) is 6.03. The predicted octanol–water partition coefficient (Wildman–Crippen LogP) is 0.602. The number of carbonyl (C=O) groups is 1. The Morgan fingerprint density at radius 1 is 1.38 bits per heavy atom. The summed E-state index contributed by atoms with van der Waals surface area (Å²) in [6.45, 7) is 1.66. The van der Waals surface area contributed by atoms with Crippen LogP contribution in [-0.2, 0) is 11.3 Å². The molecule has 10 nitrogen and oxygen atoms in total. The summed E-state index contributed by atoms with van der Waals surface area (Å²) < 4.78 is 7.34. The maximum atomic E-state index is 12.9. The molecule has 1 atom stereocenters. The number of ether oxygens (including phenoxy) is 1. The normalized spacial score (nSPS) is 17.4. The molecule has 1 amide bonds. The van der Waals surface area contributed by atoms with Gasteiger partial charge in [-0.25, -0.2) is 0 Å². The molecule has 1 fully saturated rings. The predicted molar refractivity (Wildman–Crippen MR) is 89.3 cm³/mol. The Bertz CT molecular complexity index is 848. The monoisotopic (exact) mass is 354 g/mol. The summed E-state index contributed by atoms with van der Waals surface area (Å²) in [5, 5.41) is 17.7. The molecule has 1 aliphatic rings. The molecule has 1 N–H and O–H groups in total. The van der Waals surface area contributed by atoms with Crippen molar-refractivity contribution in [2.75, 3.05) is 13.1 Å². The molecule has 3 aromatic rings. The molecule has 0 saturated carbocycles. The number of pyridine rings is 1. The molecule has 0 aliphatic carbocycles. The lowest BCUT2D eigenvalue weighted by Gasteiger charge is -2.32. The summed E-state index contributed by atoms with van der Waals surface area (Å²) in [5.74, 6) is 0.340. The maximum Gasteiger partial charge on any atom is 0.259 e. The van der Waals surface area contributed by atoms with Crippen LogP contribution >= 0.6 is 0 Å². The van der Waals surface area contributed by atoms with Gasteiger partial charge in [0.15, 0.2) is 5.82 Å². The standard InChI is InChI=1S/C16H18N8O2/c25-16(14-8-18-20-15(14)24-11-19-21-22-24)23-7-3-5-13(9-23)26-10-12-4-1-2-6-17-12/h1-2,4,6,8,11,13H,3,5,7,9-10H2,(H,18,20). The largest absolute Gasteiger partial charge is 0.370 e. The number of likely N-dealkylation sites (tertiary alicyclic amines) is 1. The van der Waals surface area contributed by atoms with E-state index in [9.17, 15) is 4.79 Å². The molecule has 4 heterocycles. The van der Waals surface area contributed by atoms with E-state index in [4.69, 9.17) is 4.74 Å². The van der Waals surface area contributed by atoms with Crippen molar-refractivity contribution >= 4 is 5.91 Å². The number of tetrazole rings is 1. The van der Waals surface area contributed by atoms with E-state index in [0.29, 0.717) is 31.1 Å². The number of rotatable bonds is 5. The van der Waals surface area contributed by atoms with E-state index < -0.39 is 0 Å². The van der Waals surface area contributed by atoms with Gasteiger partial charge in [0.25, 0.3) is 5.91 Å². The third kappa shape index (κ3) is 3.45. The molecule has 10 heteroatoms. The minimum Gasteiger partial charge on any atom is -0.370 e. The Balaban J connectivity index is 1.42. The molecule has 1 unspecified atom stereocenters. The molecule has 26 heavy (non-hydrogen) atoms. The number of hydrogen-bond donors (Lipinski definition) is 1. The summed E-state index contributed by atoms with van der Waals surface area (Å²) in [5.41, 5.74) is 1.31. The summed E-state index contributed by atoms with van der Waals surface area (Å²) in [4.78, 5) is 19.0. The fourth-order valence-electron chi connectivity index (χ4n) is 2.99. The lowest BCUT2D eigenvalue weighted by atomic mass is 10.1. The molecular weight excluding hydrogens is 336 g/mol. The van der Waals surface area contributed by atoms with Gasteiger partial charge in [-0.05, 0) is 35.4 Å². The van der Waals surface area contributed by atoms with Crippen LogP contribution in [0, 0.1) is 0 Å². The fourth-order valence-corrected chi connectivity index (χ4v) is 2.99. The van der Waals surface area contributed by atoms with Gasteiger partial charge < -0.3 is 9.64 Å². The van der Waals surface area contributed by atoms with E-state index in [1.165, 1.54) is 17.2 Å². The lowest BCUT2D eigenvalue weighted by Crippen LogP contribution is -2.43. The Morgan fingerprint density at radius 2 is 2.35 bits per heavy atom. The van der Waals surface area contributed by atoms with Crippen LogP contribution in [0.5, 0.6) is 0 Å². The van der Waals surface area contributed by atoms with Crippen molar-refractivity contribution in [1.82, 2.24) is 40.3 Å². The molecule has 0 aromatic carbocycles. The number of amides is 1. The molecule has 134 valence electrons. The Labute approximate surface area is 149 Å². The van der Waals surface area contributed by atoms with E-state index in [-0.39, 0.29) is 12.0 Å². The molecule has 3 aromatic heterocycles. The summed E-state index contributed by atoms with van der Waals surface area (Å²) in [6, 6.07) is 5.73. The number of nitrogens with zero attached hydrogens (tertiary/aromatic N) is 7. The second kappa shape index (κ2) is 7.40. The highest BCUT2D eigenvalue weighted by Gasteiger charge is 2.28. The first-order chi connectivity index (χ1) is 12.8. The van der Waals surface area contributed by atoms with E-state index in [1.807, 2.05) is 18.2 Å². The van der Waals surface area contributed by atoms with Gasteiger partial charge in [-0.15, -0.1) is 5.10 Å². The minimum atomic E-state index is -0.115. The van der Waals surface area contributed by atoms with E-state index in [0.717, 1.165) is 18.5 Å². The van der Waals surface area contributed by atoms with Crippen LogP contribution in [0.4, 0.5) is 0 Å². The van der Waals surface area contributed by atoms with Gasteiger partial charge in [-0.3, -0.25) is 14.9 Å². The van der Waals surface area contributed by atoms with Gasteiger partial charge in [-0.1, -0.05) is 6.07 Å². The molecule has 1 saturated heterocycles. The van der Waals surface area contributed by atoms with E-state index in [2.05, 4.69) is 30.7 Å². The van der Waals surface area contributed by atoms with Crippen molar-refractivity contribution in [3.63, 3.8) is 0 Å². The van der Waals surface area contributed by atoms with Crippen LogP contribution in [0.2, 0.25) is 0 Å². The lowest BCUT2D eigenvalue weighted by molar-refractivity contribution is -0.00785. The van der Waals surface area contributed by atoms with Gasteiger partial charge in [0.05, 0.1) is 24.6 Å². The first-order valence-corrected chi connectivity index (χ1v) is 8.39. The molecule has 0 spiro atoms. The summed E-state index contributed by atoms with van der Waals surface area (Å²) in [7, 11) is 0. The Hall–Kier alpha value is -3.14. The summed E-state index contributed by atoms with van der Waals surface area (Å²) in [6.07, 6.45) is 6.45. The van der Waals surface area contributed by atoms with Crippen LogP contribution in [0.3, 0.4) is 0 Å². The first kappa shape index (κ1) is 16.3. The highest BCUT2D eigenvalue weighted by Crippen LogP contribution is 2.19. The van der Waals surface area contributed by atoms with Crippen molar-refractivity contribution in [2.45, 2.75) is 25.6 Å². The van der Waals surface area contributed by atoms with Crippen LogP contribution in [0.15, 0.2) is 36.9 Å². The zero-order valence-corrected chi connectivity index (χ0v) is 14.0. The number of aromatic amines is 1. The van der Waals surface area contributed by atoms with Crippen molar-refractivity contribution in [3.8, 4) is 5.82 Å². The third-order valence-electron chi connectivity index (χ3n) is 4.29. The SMILES string of the molecule is O=C(c1cn[nH]c1-n1cnnn1)N1CCCC(OCc2ccccn2)C1. The average Bonchev–Trinajstić information content (AvgIpc) is 3.38. The van der Waals surface area contributed by atoms with E-state index in [1.54, 1.807) is 11.1 Å². The molecule has 1 aliphatic heterocycles. The van der Waals surface area contributed by atoms with Crippen LogP contribution in [-0.4, -0.2) is 65.4 Å². The quantitative estimate of drug-likeness (QED) is 0.713. The minimum absolute atomic E-state index is 0.0157. The number of piperidine rings is 1. The number of hydrogen-bond acceptors (Lipinski definition) is 7. The second-order valence-electron chi connectivity index (χ2n) is 6.03. The zero-order chi connectivity index (χ0) is 17.8. The van der Waals surface area contributed by atoms with Crippen LogP contribution < -0.4 is 0 Å². The highest BCUT2D eigenvalue weighted by atomic mass is 16.5. The van der Waals surface area contributed by atoms with Crippen molar-refractivity contribution in [2.24, 2.45) is 0 Å². The van der Waals surface area contributed by atoms with Crippen LogP contribution in [0.25, 0.3) is 5.82 Å². The summed E-state index contributed by atoms with van der Waals surface area (Å²) >= 11 is 0. The Morgan fingerprint density at radius 3 is 3.15 bits per heavy atom. The first-order valence-electron chi connectivity index (χ1n) is 8.39. The smallest absolute Gasteiger partial charge is 0.259 e. The number of H-pyrrole nitrogens is 1. The topological polar surface area (TPSA) is 115 Å². The van der Waals surface area contributed by atoms with Crippen molar-refractivity contribution in [1.29, 1.82) is 0 Å². The molecular formula is C16H18N8O2. The number of nitrogens with one attached hydrogen (secondary N) is 1. The number of carbonyl (C=O) groups excluding carboxylic acids is 1. The van der Waals surface area contributed by atoms with Crippen molar-refractivity contribution < 1.29 is 9.53 Å². The molecule has 0 radical (unpaired) electrons.